The molecule has 2 amide bonds. The van der Waals surface area contributed by atoms with Gasteiger partial charge in [0.2, 0.25) is 0 Å². The molecule has 1 aromatic rings. The molecule has 0 saturated carbocycles. The predicted octanol–water partition coefficient (Wildman–Crippen LogP) is 2.42. The fraction of sp³-hybridized carbons (Fsp3) is 0.462. The number of ether oxygens (including phenoxy) is 1. The lowest BCUT2D eigenvalue weighted by Crippen LogP contribution is -2.41. The zero-order valence-corrected chi connectivity index (χ0v) is 13.0. The molecule has 1 unspecified atom stereocenters. The predicted molar refractivity (Wildman–Crippen MR) is 78.4 cm³/mol. The van der Waals surface area contributed by atoms with Crippen LogP contribution in [0.1, 0.15) is 12.0 Å². The molecular weight excluding hydrogens is 331 g/mol. The molecule has 3 N–H and O–H groups in total. The molecule has 1 atom stereocenters. The van der Waals surface area contributed by atoms with Gasteiger partial charge in [-0.1, -0.05) is 15.9 Å². The maximum atomic E-state index is 13.9. The van der Waals surface area contributed by atoms with Crippen LogP contribution in [0.5, 0.6) is 0 Å². The van der Waals surface area contributed by atoms with Gasteiger partial charge in [-0.2, -0.15) is 0 Å². The molecule has 0 aliphatic carbocycles. The fourth-order valence-electron chi connectivity index (χ4n) is 1.57. The van der Waals surface area contributed by atoms with E-state index < -0.39 is 17.9 Å². The summed E-state index contributed by atoms with van der Waals surface area (Å²) in [5.41, 5.74) is 0.507. The van der Waals surface area contributed by atoms with Gasteiger partial charge in [-0.25, -0.2) is 9.18 Å². The van der Waals surface area contributed by atoms with E-state index in [0.29, 0.717) is 23.1 Å². The summed E-state index contributed by atoms with van der Waals surface area (Å²) in [6.45, 7) is 1.81. The van der Waals surface area contributed by atoms with Crippen molar-refractivity contribution >= 4 is 27.6 Å². The molecule has 0 bridgehead atoms. The standard InChI is InChI=1S/C13H18BrFN2O3/c1-8-10(14)3-4-11(12(8)15)17-13(19)16-9(7-18)5-6-20-2/h3-4,9,18H,5-7H2,1-2H3,(H2,16,17,19). The van der Waals surface area contributed by atoms with Crippen molar-refractivity contribution in [3.8, 4) is 0 Å². The smallest absolute Gasteiger partial charge is 0.319 e. The number of carbonyl (C=O) groups excluding carboxylic acids is 1. The van der Waals surface area contributed by atoms with Crippen LogP contribution in [0.15, 0.2) is 16.6 Å². The van der Waals surface area contributed by atoms with E-state index in [1.54, 1.807) is 13.0 Å². The minimum Gasteiger partial charge on any atom is -0.394 e. The van der Waals surface area contributed by atoms with E-state index in [9.17, 15) is 9.18 Å². The topological polar surface area (TPSA) is 70.6 Å². The van der Waals surface area contributed by atoms with Crippen molar-refractivity contribution in [1.29, 1.82) is 0 Å². The minimum absolute atomic E-state index is 0.0895. The molecule has 112 valence electrons. The van der Waals surface area contributed by atoms with Gasteiger partial charge in [-0.05, 0) is 25.5 Å². The number of aliphatic hydroxyl groups excluding tert-OH is 1. The van der Waals surface area contributed by atoms with Gasteiger partial charge < -0.3 is 20.5 Å². The van der Waals surface area contributed by atoms with Crippen molar-refractivity contribution in [2.24, 2.45) is 0 Å². The molecule has 5 nitrogen and oxygen atoms in total. The zero-order chi connectivity index (χ0) is 15.1. The van der Waals surface area contributed by atoms with Crippen LogP contribution in [0.4, 0.5) is 14.9 Å². The van der Waals surface area contributed by atoms with E-state index in [2.05, 4.69) is 26.6 Å². The Morgan fingerprint density at radius 1 is 1.55 bits per heavy atom. The van der Waals surface area contributed by atoms with E-state index in [1.165, 1.54) is 13.2 Å². The summed E-state index contributed by atoms with van der Waals surface area (Å²) in [6, 6.07) is 2.12. The number of benzene rings is 1. The van der Waals surface area contributed by atoms with Gasteiger partial charge in [0.1, 0.15) is 0 Å². The summed E-state index contributed by atoms with van der Waals surface area (Å²) in [7, 11) is 1.54. The van der Waals surface area contributed by atoms with Gasteiger partial charge in [-0.3, -0.25) is 0 Å². The second-order valence-electron chi connectivity index (χ2n) is 4.29. The molecule has 0 heterocycles. The number of hydrogen-bond acceptors (Lipinski definition) is 3. The Bertz CT molecular complexity index is 471. The van der Waals surface area contributed by atoms with Gasteiger partial charge >= 0.3 is 6.03 Å². The van der Waals surface area contributed by atoms with Crippen LogP contribution in [0, 0.1) is 12.7 Å². The highest BCUT2D eigenvalue weighted by atomic mass is 79.9. The van der Waals surface area contributed by atoms with Crippen molar-refractivity contribution in [3.05, 3.63) is 28.0 Å². The maximum absolute atomic E-state index is 13.9. The van der Waals surface area contributed by atoms with E-state index in [4.69, 9.17) is 9.84 Å². The summed E-state index contributed by atoms with van der Waals surface area (Å²) in [5, 5.41) is 14.1. The molecule has 0 radical (unpaired) electrons. The summed E-state index contributed by atoms with van der Waals surface area (Å²) in [4.78, 5) is 11.7. The summed E-state index contributed by atoms with van der Waals surface area (Å²) < 4.78 is 19.4. The number of carbonyl (C=O) groups is 1. The van der Waals surface area contributed by atoms with Crippen molar-refractivity contribution < 1.29 is 19.0 Å². The third kappa shape index (κ3) is 4.73. The van der Waals surface area contributed by atoms with E-state index in [1.807, 2.05) is 0 Å². The lowest BCUT2D eigenvalue weighted by atomic mass is 10.2. The van der Waals surface area contributed by atoms with E-state index in [-0.39, 0.29) is 12.3 Å². The highest BCUT2D eigenvalue weighted by molar-refractivity contribution is 9.10. The van der Waals surface area contributed by atoms with E-state index in [0.717, 1.165) is 0 Å². The average Bonchev–Trinajstić information content (AvgIpc) is 2.44. The Kier molecular flexibility index (Phi) is 6.90. The van der Waals surface area contributed by atoms with Crippen molar-refractivity contribution in [1.82, 2.24) is 5.32 Å². The van der Waals surface area contributed by atoms with Gasteiger partial charge in [0.05, 0.1) is 18.3 Å². The lowest BCUT2D eigenvalue weighted by Gasteiger charge is -2.17. The number of methoxy groups -OCH3 is 1. The molecule has 1 aromatic carbocycles. The normalized spacial score (nSPS) is 12.1. The number of anilines is 1. The molecule has 0 aliphatic rings. The Hall–Kier alpha value is -1.18. The molecule has 1 rings (SSSR count). The SMILES string of the molecule is COCCC(CO)NC(=O)Nc1ccc(Br)c(C)c1F. The molecule has 0 saturated heterocycles. The minimum atomic E-state index is -0.569. The van der Waals surface area contributed by atoms with Crippen LogP contribution in [0.2, 0.25) is 0 Å². The Labute approximate surface area is 125 Å². The van der Waals surface area contributed by atoms with Crippen LogP contribution in [-0.2, 0) is 4.74 Å². The van der Waals surface area contributed by atoms with Gasteiger partial charge in [0, 0.05) is 23.8 Å². The number of amides is 2. The molecule has 0 aromatic heterocycles. The maximum Gasteiger partial charge on any atom is 0.319 e. The number of urea groups is 1. The van der Waals surface area contributed by atoms with Crippen LogP contribution in [-0.4, -0.2) is 37.5 Å². The summed E-state index contributed by atoms with van der Waals surface area (Å²) >= 11 is 3.21. The first kappa shape index (κ1) is 16.9. The Morgan fingerprint density at radius 3 is 2.85 bits per heavy atom. The van der Waals surface area contributed by atoms with Crippen LogP contribution in [0.3, 0.4) is 0 Å². The number of aliphatic hydroxyl groups is 1. The van der Waals surface area contributed by atoms with Crippen LogP contribution < -0.4 is 10.6 Å². The van der Waals surface area contributed by atoms with Gasteiger partial charge in [0.15, 0.2) is 5.82 Å². The summed E-state index contributed by atoms with van der Waals surface area (Å²) in [6.07, 6.45) is 0.474. The molecule has 0 aliphatic heterocycles. The Morgan fingerprint density at radius 2 is 2.25 bits per heavy atom. The number of hydrogen-bond donors (Lipinski definition) is 3. The van der Waals surface area contributed by atoms with Gasteiger partial charge in [0.25, 0.3) is 0 Å². The first-order valence-corrected chi connectivity index (χ1v) is 6.90. The average molecular weight is 349 g/mol. The third-order valence-corrected chi connectivity index (χ3v) is 3.65. The molecule has 20 heavy (non-hydrogen) atoms. The number of nitrogens with one attached hydrogen (secondary N) is 2. The fourth-order valence-corrected chi connectivity index (χ4v) is 1.88. The molecule has 0 fully saturated rings. The first-order chi connectivity index (χ1) is 9.49. The first-order valence-electron chi connectivity index (χ1n) is 6.11. The van der Waals surface area contributed by atoms with Crippen LogP contribution >= 0.6 is 15.9 Å². The van der Waals surface area contributed by atoms with Crippen molar-refractivity contribution in [3.63, 3.8) is 0 Å². The van der Waals surface area contributed by atoms with Crippen molar-refractivity contribution in [2.75, 3.05) is 25.6 Å². The lowest BCUT2D eigenvalue weighted by molar-refractivity contribution is 0.161. The molecule has 7 heteroatoms. The van der Waals surface area contributed by atoms with Crippen LogP contribution in [0.25, 0.3) is 0 Å². The summed E-state index contributed by atoms with van der Waals surface area (Å²) in [5.74, 6) is -0.494. The third-order valence-electron chi connectivity index (χ3n) is 2.79. The van der Waals surface area contributed by atoms with E-state index >= 15 is 0 Å². The second-order valence-corrected chi connectivity index (χ2v) is 5.15. The largest absolute Gasteiger partial charge is 0.394 e. The zero-order valence-electron chi connectivity index (χ0n) is 11.4. The highest BCUT2D eigenvalue weighted by Crippen LogP contribution is 2.24. The second kappa shape index (κ2) is 8.18. The van der Waals surface area contributed by atoms with Crippen molar-refractivity contribution in [2.45, 2.75) is 19.4 Å². The quantitative estimate of drug-likeness (QED) is 0.739. The monoisotopic (exact) mass is 348 g/mol. The number of halogens is 2. The highest BCUT2D eigenvalue weighted by Gasteiger charge is 2.14. The molecule has 0 spiro atoms. The van der Waals surface area contributed by atoms with Gasteiger partial charge in [-0.15, -0.1) is 0 Å². The number of rotatable bonds is 6. The molecular formula is C13H18BrFN2O3. The Balaban J connectivity index is 2.64.